The van der Waals surface area contributed by atoms with Crippen LogP contribution in [-0.2, 0) is 0 Å². The lowest BCUT2D eigenvalue weighted by molar-refractivity contribution is 0.294. The summed E-state index contributed by atoms with van der Waals surface area (Å²) in [7, 11) is 0. The van der Waals surface area contributed by atoms with Gasteiger partial charge in [-0.25, -0.2) is 4.98 Å². The molecule has 0 bridgehead atoms. The first-order chi connectivity index (χ1) is 8.74. The van der Waals surface area contributed by atoms with Crippen molar-refractivity contribution in [2.24, 2.45) is 0 Å². The maximum Gasteiger partial charge on any atom is 0.232 e. The highest BCUT2D eigenvalue weighted by Gasteiger charge is 2.03. The Hall–Kier alpha value is -0.160. The van der Waals surface area contributed by atoms with E-state index in [2.05, 4.69) is 22.9 Å². The second kappa shape index (κ2) is 9.73. The number of thiol groups is 1. The van der Waals surface area contributed by atoms with Crippen molar-refractivity contribution in [2.75, 3.05) is 25.4 Å². The summed E-state index contributed by atoms with van der Waals surface area (Å²) < 4.78 is 5.49. The van der Waals surface area contributed by atoms with Gasteiger partial charge < -0.3 is 10.1 Å². The summed E-state index contributed by atoms with van der Waals surface area (Å²) in [6, 6.07) is 1.63. The fourth-order valence-corrected chi connectivity index (χ4v) is 2.00. The van der Waals surface area contributed by atoms with Crippen LogP contribution in [0.5, 0.6) is 5.88 Å². The summed E-state index contributed by atoms with van der Waals surface area (Å²) in [4.78, 5) is 4.03. The quantitative estimate of drug-likeness (QED) is 0.541. The third kappa shape index (κ3) is 6.69. The molecule has 0 radical (unpaired) electrons. The second-order valence-corrected chi connectivity index (χ2v) is 5.11. The Morgan fingerprint density at radius 1 is 1.22 bits per heavy atom. The zero-order valence-corrected chi connectivity index (χ0v) is 12.6. The van der Waals surface area contributed by atoms with E-state index in [-0.39, 0.29) is 0 Å². The number of hydrogen-bond acceptors (Lipinski definition) is 4. The Morgan fingerprint density at radius 3 is 2.78 bits per heavy atom. The average Bonchev–Trinajstić information content (AvgIpc) is 2.35. The van der Waals surface area contributed by atoms with E-state index in [1.54, 1.807) is 6.07 Å². The van der Waals surface area contributed by atoms with Crippen molar-refractivity contribution >= 4 is 35.8 Å². The van der Waals surface area contributed by atoms with E-state index in [0.29, 0.717) is 22.5 Å². The van der Waals surface area contributed by atoms with Crippen LogP contribution in [0.15, 0.2) is 12.3 Å². The molecule has 1 N–H and O–H groups in total. The normalized spacial score (nSPS) is 10.6. The minimum absolute atomic E-state index is 0.453. The number of ether oxygens (including phenoxy) is 1. The van der Waals surface area contributed by atoms with Crippen LogP contribution < -0.4 is 10.1 Å². The highest BCUT2D eigenvalue weighted by molar-refractivity contribution is 7.80. The van der Waals surface area contributed by atoms with E-state index in [1.165, 1.54) is 6.20 Å². The molecule has 0 aromatic carbocycles. The van der Waals surface area contributed by atoms with E-state index >= 15 is 0 Å². The fraction of sp³-hybridized carbons (Fsp3) is 0.583. The van der Waals surface area contributed by atoms with Crippen molar-refractivity contribution in [1.82, 2.24) is 10.3 Å². The molecule has 3 nitrogen and oxygen atoms in total. The van der Waals surface area contributed by atoms with Crippen LogP contribution in [0.3, 0.4) is 0 Å². The zero-order chi connectivity index (χ0) is 13.2. The van der Waals surface area contributed by atoms with Gasteiger partial charge in [0.05, 0.1) is 11.6 Å². The smallest absolute Gasteiger partial charge is 0.232 e. The molecule has 0 atom stereocenters. The van der Waals surface area contributed by atoms with Crippen LogP contribution in [0.25, 0.3) is 0 Å². The Morgan fingerprint density at radius 2 is 2.06 bits per heavy atom. The molecule has 0 aliphatic carbocycles. The van der Waals surface area contributed by atoms with Gasteiger partial charge in [0, 0.05) is 18.5 Å². The van der Waals surface area contributed by atoms with Gasteiger partial charge in [0.2, 0.25) is 5.88 Å². The Labute approximate surface area is 124 Å². The predicted molar refractivity (Wildman–Crippen MR) is 80.3 cm³/mol. The molecule has 0 spiro atoms. The molecular weight excluding hydrogens is 291 g/mol. The maximum atomic E-state index is 5.94. The highest BCUT2D eigenvalue weighted by Crippen LogP contribution is 2.24. The van der Waals surface area contributed by atoms with Gasteiger partial charge >= 0.3 is 0 Å². The van der Waals surface area contributed by atoms with Gasteiger partial charge in [0.1, 0.15) is 5.02 Å². The van der Waals surface area contributed by atoms with Gasteiger partial charge in [0.25, 0.3) is 0 Å². The lowest BCUT2D eigenvalue weighted by atomic mass is 10.2. The molecule has 0 aliphatic heterocycles. The lowest BCUT2D eigenvalue weighted by Crippen LogP contribution is -2.17. The van der Waals surface area contributed by atoms with Crippen LogP contribution in [0.4, 0.5) is 0 Å². The van der Waals surface area contributed by atoms with Crippen LogP contribution in [-0.4, -0.2) is 30.4 Å². The summed E-state index contributed by atoms with van der Waals surface area (Å²) in [6.45, 7) is 2.62. The third-order valence-electron chi connectivity index (χ3n) is 2.30. The Balaban J connectivity index is 2.07. The van der Waals surface area contributed by atoms with Crippen molar-refractivity contribution in [3.05, 3.63) is 22.3 Å². The number of rotatable bonds is 9. The summed E-state index contributed by atoms with van der Waals surface area (Å²) in [5.41, 5.74) is 0. The van der Waals surface area contributed by atoms with Crippen molar-refractivity contribution in [1.29, 1.82) is 0 Å². The summed E-state index contributed by atoms with van der Waals surface area (Å²) in [5.74, 6) is 1.33. The third-order valence-corrected chi connectivity index (χ3v) is 3.00. The van der Waals surface area contributed by atoms with Gasteiger partial charge in [-0.1, -0.05) is 23.2 Å². The number of halogens is 2. The zero-order valence-electron chi connectivity index (χ0n) is 10.2. The predicted octanol–water partition coefficient (Wildman–Crippen LogP) is 3.46. The summed E-state index contributed by atoms with van der Waals surface area (Å²) in [5, 5.41) is 4.27. The maximum absolute atomic E-state index is 5.94. The van der Waals surface area contributed by atoms with Crippen LogP contribution >= 0.6 is 35.8 Å². The van der Waals surface area contributed by atoms with Crippen molar-refractivity contribution in [3.8, 4) is 5.88 Å². The van der Waals surface area contributed by atoms with Gasteiger partial charge in [-0.15, -0.1) is 0 Å². The SMILES string of the molecule is SCCNCCCCCOc1ncc(Cl)cc1Cl. The molecule has 0 amide bonds. The molecule has 0 fully saturated rings. The Kier molecular flexibility index (Phi) is 8.59. The number of aromatic nitrogens is 1. The molecule has 1 rings (SSSR count). The Bertz CT molecular complexity index is 353. The molecule has 0 saturated heterocycles. The van der Waals surface area contributed by atoms with Gasteiger partial charge in [-0.05, 0) is 31.9 Å². The fourth-order valence-electron chi connectivity index (χ4n) is 1.41. The summed E-state index contributed by atoms with van der Waals surface area (Å²) in [6.07, 6.45) is 4.77. The van der Waals surface area contributed by atoms with Crippen molar-refractivity contribution in [3.63, 3.8) is 0 Å². The first kappa shape index (κ1) is 15.9. The molecule has 18 heavy (non-hydrogen) atoms. The lowest BCUT2D eigenvalue weighted by Gasteiger charge is -2.07. The highest BCUT2D eigenvalue weighted by atomic mass is 35.5. The molecule has 6 heteroatoms. The van der Waals surface area contributed by atoms with E-state index in [4.69, 9.17) is 27.9 Å². The molecule has 1 aromatic rings. The number of pyridine rings is 1. The topological polar surface area (TPSA) is 34.1 Å². The minimum Gasteiger partial charge on any atom is -0.477 e. The molecule has 1 aromatic heterocycles. The monoisotopic (exact) mass is 308 g/mol. The molecule has 1 heterocycles. The van der Waals surface area contributed by atoms with E-state index < -0.39 is 0 Å². The van der Waals surface area contributed by atoms with E-state index in [9.17, 15) is 0 Å². The van der Waals surface area contributed by atoms with Gasteiger partial charge in [-0.2, -0.15) is 12.6 Å². The van der Waals surface area contributed by atoms with Crippen molar-refractivity contribution in [2.45, 2.75) is 19.3 Å². The minimum atomic E-state index is 0.453. The number of hydrogen-bond donors (Lipinski definition) is 2. The molecular formula is C12H18Cl2N2OS. The van der Waals surface area contributed by atoms with Gasteiger partial charge in [0.15, 0.2) is 0 Å². The number of nitrogens with one attached hydrogen (secondary N) is 1. The first-order valence-electron chi connectivity index (χ1n) is 5.99. The number of nitrogens with zero attached hydrogens (tertiary/aromatic N) is 1. The second-order valence-electron chi connectivity index (χ2n) is 3.82. The molecule has 0 unspecified atom stereocenters. The van der Waals surface area contributed by atoms with Gasteiger partial charge in [-0.3, -0.25) is 0 Å². The van der Waals surface area contributed by atoms with Crippen LogP contribution in [0.2, 0.25) is 10.0 Å². The molecule has 0 aliphatic rings. The average molecular weight is 309 g/mol. The van der Waals surface area contributed by atoms with Crippen LogP contribution in [0, 0.1) is 0 Å². The largest absolute Gasteiger partial charge is 0.477 e. The molecule has 0 saturated carbocycles. The standard InChI is InChI=1S/C12H18Cl2N2OS/c13-10-8-11(14)12(16-9-10)17-6-3-1-2-4-15-5-7-18/h8-9,15,18H,1-7H2. The van der Waals surface area contributed by atoms with Crippen LogP contribution in [0.1, 0.15) is 19.3 Å². The summed E-state index contributed by atoms with van der Waals surface area (Å²) >= 11 is 15.8. The van der Waals surface area contributed by atoms with Crippen molar-refractivity contribution < 1.29 is 4.74 Å². The molecule has 102 valence electrons. The number of unbranched alkanes of at least 4 members (excludes halogenated alkanes) is 2. The first-order valence-corrected chi connectivity index (χ1v) is 7.38. The van der Waals surface area contributed by atoms with E-state index in [1.807, 2.05) is 0 Å². The van der Waals surface area contributed by atoms with E-state index in [0.717, 1.165) is 38.1 Å².